The second-order valence-corrected chi connectivity index (χ2v) is 9.00. The van der Waals surface area contributed by atoms with Gasteiger partial charge in [0.2, 0.25) is 11.8 Å². The molecule has 0 bridgehead atoms. The summed E-state index contributed by atoms with van der Waals surface area (Å²) in [6.07, 6.45) is 5.29. The summed E-state index contributed by atoms with van der Waals surface area (Å²) in [7, 11) is 0. The molecule has 1 saturated carbocycles. The molecule has 166 valence electrons. The highest BCUT2D eigenvalue weighted by atomic mass is 79.9. The first-order chi connectivity index (χ1) is 15.0. The Balaban J connectivity index is 1.60. The van der Waals surface area contributed by atoms with Gasteiger partial charge in [0, 0.05) is 23.5 Å². The number of ether oxygens (including phenoxy) is 1. The molecule has 0 aromatic heterocycles. The van der Waals surface area contributed by atoms with Crippen LogP contribution in [-0.4, -0.2) is 35.4 Å². The maximum atomic E-state index is 13.1. The molecule has 0 aliphatic heterocycles. The van der Waals surface area contributed by atoms with Gasteiger partial charge in [-0.25, -0.2) is 0 Å². The minimum atomic E-state index is -0.526. The third kappa shape index (κ3) is 7.39. The first-order valence-corrected chi connectivity index (χ1v) is 11.8. The number of nitrogens with zero attached hydrogens (tertiary/aromatic N) is 1. The number of carbonyl (C=O) groups excluding carboxylic acids is 2. The second kappa shape index (κ2) is 11.9. The summed E-state index contributed by atoms with van der Waals surface area (Å²) in [5.41, 5.74) is 0.990. The number of para-hydroxylation sites is 1. The van der Waals surface area contributed by atoms with Crippen molar-refractivity contribution < 1.29 is 14.3 Å². The summed E-state index contributed by atoms with van der Waals surface area (Å²) in [6, 6.07) is 17.1. The lowest BCUT2D eigenvalue weighted by atomic mass is 10.1. The molecule has 1 N–H and O–H groups in total. The molecule has 5 nitrogen and oxygen atoms in total. The molecular weight excluding hydrogens is 456 g/mol. The van der Waals surface area contributed by atoms with Crippen LogP contribution in [0, 0.1) is 0 Å². The van der Waals surface area contributed by atoms with E-state index in [9.17, 15) is 9.59 Å². The molecule has 31 heavy (non-hydrogen) atoms. The quantitative estimate of drug-likeness (QED) is 0.476. The highest BCUT2D eigenvalue weighted by molar-refractivity contribution is 9.10. The van der Waals surface area contributed by atoms with E-state index in [0.29, 0.717) is 26.0 Å². The van der Waals surface area contributed by atoms with Gasteiger partial charge >= 0.3 is 0 Å². The predicted octanol–water partition coefficient (Wildman–Crippen LogP) is 5.08. The largest absolute Gasteiger partial charge is 0.494 e. The average molecular weight is 487 g/mol. The van der Waals surface area contributed by atoms with Crippen LogP contribution >= 0.6 is 15.9 Å². The van der Waals surface area contributed by atoms with Gasteiger partial charge in [-0.05, 0) is 56.0 Å². The first-order valence-electron chi connectivity index (χ1n) is 11.0. The molecule has 1 fully saturated rings. The van der Waals surface area contributed by atoms with Gasteiger partial charge in [-0.3, -0.25) is 9.59 Å². The Labute approximate surface area is 193 Å². The summed E-state index contributed by atoms with van der Waals surface area (Å²) >= 11 is 3.49. The van der Waals surface area contributed by atoms with Crippen LogP contribution in [0.1, 0.15) is 51.0 Å². The van der Waals surface area contributed by atoms with Gasteiger partial charge in [0.1, 0.15) is 11.8 Å². The number of nitrogens with one attached hydrogen (secondary N) is 1. The lowest BCUT2D eigenvalue weighted by molar-refractivity contribution is -0.141. The summed E-state index contributed by atoms with van der Waals surface area (Å²) in [4.78, 5) is 27.7. The molecule has 0 saturated heterocycles. The normalized spacial score (nSPS) is 14.8. The van der Waals surface area contributed by atoms with Crippen molar-refractivity contribution in [3.05, 3.63) is 64.6 Å². The third-order valence-electron chi connectivity index (χ3n) is 5.66. The van der Waals surface area contributed by atoms with E-state index in [2.05, 4.69) is 21.2 Å². The van der Waals surface area contributed by atoms with Crippen LogP contribution in [0.5, 0.6) is 5.75 Å². The zero-order valence-corrected chi connectivity index (χ0v) is 19.6. The molecule has 1 aliphatic rings. The number of rotatable bonds is 10. The summed E-state index contributed by atoms with van der Waals surface area (Å²) in [5, 5.41) is 3.13. The molecule has 2 aromatic carbocycles. The summed E-state index contributed by atoms with van der Waals surface area (Å²) < 4.78 is 6.67. The fraction of sp³-hybridized carbons (Fsp3) is 0.440. The zero-order chi connectivity index (χ0) is 22.1. The van der Waals surface area contributed by atoms with E-state index < -0.39 is 6.04 Å². The van der Waals surface area contributed by atoms with Crippen molar-refractivity contribution in [2.75, 3.05) is 6.61 Å². The lowest BCUT2D eigenvalue weighted by Crippen LogP contribution is -2.49. The SMILES string of the molecule is CC(C(=O)NC1CCCC1)N(Cc1cccc(Br)c1)C(=O)CCCOc1ccccc1. The maximum absolute atomic E-state index is 13.1. The van der Waals surface area contributed by atoms with Crippen molar-refractivity contribution in [2.24, 2.45) is 0 Å². The molecule has 3 rings (SSSR count). The van der Waals surface area contributed by atoms with E-state index in [1.54, 1.807) is 4.90 Å². The number of hydrogen-bond acceptors (Lipinski definition) is 3. The van der Waals surface area contributed by atoms with Crippen LogP contribution in [0.25, 0.3) is 0 Å². The van der Waals surface area contributed by atoms with Gasteiger partial charge in [0.25, 0.3) is 0 Å². The van der Waals surface area contributed by atoms with Gasteiger partial charge in [-0.15, -0.1) is 0 Å². The molecule has 1 aliphatic carbocycles. The monoisotopic (exact) mass is 486 g/mol. The number of carbonyl (C=O) groups is 2. The standard InChI is InChI=1S/C25H31BrN2O3/c1-19(25(30)27-22-11-5-6-12-22)28(18-20-9-7-10-21(26)17-20)24(29)15-8-16-31-23-13-3-2-4-14-23/h2-4,7,9-10,13-14,17,19,22H,5-6,8,11-12,15-16,18H2,1H3,(H,27,30). The van der Waals surface area contributed by atoms with Crippen molar-refractivity contribution >= 4 is 27.7 Å². The Bertz CT molecular complexity index is 853. The minimum absolute atomic E-state index is 0.0364. The first kappa shape index (κ1) is 23.3. The van der Waals surface area contributed by atoms with E-state index in [4.69, 9.17) is 4.74 Å². The Hall–Kier alpha value is -2.34. The van der Waals surface area contributed by atoms with Crippen molar-refractivity contribution in [3.8, 4) is 5.75 Å². The van der Waals surface area contributed by atoms with Gasteiger partial charge in [0.05, 0.1) is 6.61 Å². The second-order valence-electron chi connectivity index (χ2n) is 8.08. The topological polar surface area (TPSA) is 58.6 Å². The van der Waals surface area contributed by atoms with Gasteiger partial charge in [-0.1, -0.05) is 59.1 Å². The van der Waals surface area contributed by atoms with Crippen LogP contribution < -0.4 is 10.1 Å². The molecule has 0 heterocycles. The van der Waals surface area contributed by atoms with Crippen LogP contribution in [0.4, 0.5) is 0 Å². The van der Waals surface area contributed by atoms with E-state index in [1.807, 2.05) is 61.5 Å². The fourth-order valence-electron chi connectivity index (χ4n) is 3.88. The van der Waals surface area contributed by atoms with Crippen LogP contribution in [0.15, 0.2) is 59.1 Å². The smallest absolute Gasteiger partial charge is 0.242 e. The molecule has 0 radical (unpaired) electrons. The molecule has 0 spiro atoms. The molecule has 2 aromatic rings. The van der Waals surface area contributed by atoms with Crippen LogP contribution in [-0.2, 0) is 16.1 Å². The third-order valence-corrected chi connectivity index (χ3v) is 6.15. The summed E-state index contributed by atoms with van der Waals surface area (Å²) in [6.45, 7) is 2.68. The van der Waals surface area contributed by atoms with Gasteiger partial charge in [0.15, 0.2) is 0 Å². The van der Waals surface area contributed by atoms with Crippen LogP contribution in [0.3, 0.4) is 0 Å². The highest BCUT2D eigenvalue weighted by Gasteiger charge is 2.28. The average Bonchev–Trinajstić information content (AvgIpc) is 3.28. The minimum Gasteiger partial charge on any atom is -0.494 e. The predicted molar refractivity (Wildman–Crippen MR) is 126 cm³/mol. The molecule has 1 atom stereocenters. The van der Waals surface area contributed by atoms with Crippen molar-refractivity contribution in [2.45, 2.75) is 64.1 Å². The maximum Gasteiger partial charge on any atom is 0.242 e. The van der Waals surface area contributed by atoms with E-state index in [0.717, 1.165) is 41.5 Å². The van der Waals surface area contributed by atoms with E-state index in [1.165, 1.54) is 0 Å². The van der Waals surface area contributed by atoms with Gasteiger partial charge in [-0.2, -0.15) is 0 Å². The van der Waals surface area contributed by atoms with Crippen molar-refractivity contribution in [1.29, 1.82) is 0 Å². The van der Waals surface area contributed by atoms with Crippen molar-refractivity contribution in [3.63, 3.8) is 0 Å². The number of benzene rings is 2. The number of amides is 2. The Morgan fingerprint density at radius 1 is 1.13 bits per heavy atom. The fourth-order valence-corrected chi connectivity index (χ4v) is 4.33. The number of halogens is 1. The van der Waals surface area contributed by atoms with Crippen molar-refractivity contribution in [1.82, 2.24) is 10.2 Å². The molecule has 6 heteroatoms. The Kier molecular flexibility index (Phi) is 8.95. The zero-order valence-electron chi connectivity index (χ0n) is 18.1. The summed E-state index contributed by atoms with van der Waals surface area (Å²) in [5.74, 6) is 0.687. The Morgan fingerprint density at radius 2 is 1.87 bits per heavy atom. The highest BCUT2D eigenvalue weighted by Crippen LogP contribution is 2.20. The van der Waals surface area contributed by atoms with Gasteiger partial charge < -0.3 is 15.0 Å². The Morgan fingerprint density at radius 3 is 2.58 bits per heavy atom. The molecule has 2 amide bonds. The van der Waals surface area contributed by atoms with E-state index >= 15 is 0 Å². The molecule has 1 unspecified atom stereocenters. The molecular formula is C25H31BrN2O3. The van der Waals surface area contributed by atoms with E-state index in [-0.39, 0.29) is 17.9 Å². The number of hydrogen-bond donors (Lipinski definition) is 1. The van der Waals surface area contributed by atoms with Crippen LogP contribution in [0.2, 0.25) is 0 Å². The lowest BCUT2D eigenvalue weighted by Gasteiger charge is -2.30.